The highest BCUT2D eigenvalue weighted by atomic mass is 32.2. The monoisotopic (exact) mass is 230 g/mol. The molecule has 0 spiro atoms. The minimum absolute atomic E-state index is 0.0307. The Morgan fingerprint density at radius 2 is 2.07 bits per heavy atom. The van der Waals surface area contributed by atoms with Crippen LogP contribution in [0, 0.1) is 0 Å². The number of thioether (sulfide) groups is 1. The van der Waals surface area contributed by atoms with E-state index in [9.17, 15) is 9.59 Å². The Kier molecular flexibility index (Phi) is 4.45. The average molecular weight is 230 g/mol. The second-order valence-corrected chi connectivity index (χ2v) is 4.77. The normalized spacial score (nSPS) is 26.7. The zero-order valence-electron chi connectivity index (χ0n) is 9.45. The van der Waals surface area contributed by atoms with Gasteiger partial charge in [-0.15, -0.1) is 0 Å². The molecule has 0 aliphatic carbocycles. The van der Waals surface area contributed by atoms with Crippen molar-refractivity contribution < 1.29 is 9.59 Å². The number of piperazine rings is 1. The summed E-state index contributed by atoms with van der Waals surface area (Å²) in [5.41, 5.74) is 0. The fourth-order valence-electron chi connectivity index (χ4n) is 1.66. The molecule has 2 atom stereocenters. The Balaban J connectivity index is 2.57. The number of carbonyl (C=O) groups excluding carboxylic acids is 2. The first-order valence-electron chi connectivity index (χ1n) is 5.17. The van der Waals surface area contributed by atoms with Gasteiger partial charge in [0.2, 0.25) is 11.8 Å². The number of nitrogens with zero attached hydrogens (tertiary/aromatic N) is 1. The van der Waals surface area contributed by atoms with Crippen molar-refractivity contribution in [2.24, 2.45) is 0 Å². The van der Waals surface area contributed by atoms with Crippen LogP contribution in [0.25, 0.3) is 0 Å². The van der Waals surface area contributed by atoms with E-state index in [4.69, 9.17) is 0 Å². The van der Waals surface area contributed by atoms with E-state index in [1.54, 1.807) is 30.5 Å². The molecule has 86 valence electrons. The van der Waals surface area contributed by atoms with Gasteiger partial charge in [-0.2, -0.15) is 11.8 Å². The van der Waals surface area contributed by atoms with Crippen LogP contribution in [-0.2, 0) is 9.59 Å². The Labute approximate surface area is 94.8 Å². The van der Waals surface area contributed by atoms with Gasteiger partial charge in [0.15, 0.2) is 0 Å². The van der Waals surface area contributed by atoms with Gasteiger partial charge < -0.3 is 10.2 Å². The minimum Gasteiger partial charge on any atom is -0.343 e. The third kappa shape index (κ3) is 2.87. The summed E-state index contributed by atoms with van der Waals surface area (Å²) in [5.74, 6) is 1.00. The van der Waals surface area contributed by atoms with Crippen LogP contribution in [0.3, 0.4) is 0 Å². The third-order valence-corrected chi connectivity index (χ3v) is 3.30. The van der Waals surface area contributed by atoms with Crippen LogP contribution in [0.2, 0.25) is 0 Å². The largest absolute Gasteiger partial charge is 0.343 e. The SMILES string of the molecule is CSCCCN1C(=O)C(C)NC(=O)C1C. The van der Waals surface area contributed by atoms with Gasteiger partial charge in [0.05, 0.1) is 0 Å². The third-order valence-electron chi connectivity index (χ3n) is 2.61. The Morgan fingerprint density at radius 3 is 2.67 bits per heavy atom. The first-order valence-corrected chi connectivity index (χ1v) is 6.57. The van der Waals surface area contributed by atoms with E-state index >= 15 is 0 Å². The fourth-order valence-corrected chi connectivity index (χ4v) is 2.08. The van der Waals surface area contributed by atoms with Gasteiger partial charge in [0, 0.05) is 6.54 Å². The fraction of sp³-hybridized carbons (Fsp3) is 0.800. The quantitative estimate of drug-likeness (QED) is 0.714. The van der Waals surface area contributed by atoms with E-state index in [0.29, 0.717) is 6.54 Å². The smallest absolute Gasteiger partial charge is 0.245 e. The Hall–Kier alpha value is -0.710. The summed E-state index contributed by atoms with van der Waals surface area (Å²) >= 11 is 1.76. The highest BCUT2D eigenvalue weighted by Crippen LogP contribution is 2.11. The van der Waals surface area contributed by atoms with Crippen molar-refractivity contribution in [2.75, 3.05) is 18.6 Å². The summed E-state index contributed by atoms with van der Waals surface area (Å²) in [7, 11) is 0. The summed E-state index contributed by atoms with van der Waals surface area (Å²) in [5, 5.41) is 2.66. The molecule has 1 heterocycles. The maximum atomic E-state index is 11.8. The van der Waals surface area contributed by atoms with Crippen molar-refractivity contribution in [3.8, 4) is 0 Å². The second kappa shape index (κ2) is 5.39. The van der Waals surface area contributed by atoms with Crippen molar-refractivity contribution in [2.45, 2.75) is 32.4 Å². The van der Waals surface area contributed by atoms with Crippen molar-refractivity contribution in [1.82, 2.24) is 10.2 Å². The summed E-state index contributed by atoms with van der Waals surface area (Å²) in [4.78, 5) is 24.9. The molecule has 0 aromatic carbocycles. The molecule has 0 aromatic rings. The van der Waals surface area contributed by atoms with Gasteiger partial charge in [-0.3, -0.25) is 9.59 Å². The van der Waals surface area contributed by atoms with Gasteiger partial charge in [-0.25, -0.2) is 0 Å². The molecule has 4 nitrogen and oxygen atoms in total. The van der Waals surface area contributed by atoms with Crippen LogP contribution in [0.5, 0.6) is 0 Å². The molecular weight excluding hydrogens is 212 g/mol. The number of amides is 2. The summed E-state index contributed by atoms with van der Waals surface area (Å²) < 4.78 is 0. The molecule has 1 aliphatic heterocycles. The number of rotatable bonds is 4. The zero-order chi connectivity index (χ0) is 11.4. The molecule has 5 heteroatoms. The Morgan fingerprint density at radius 1 is 1.40 bits per heavy atom. The maximum absolute atomic E-state index is 11.8. The van der Waals surface area contributed by atoms with Crippen LogP contribution >= 0.6 is 11.8 Å². The maximum Gasteiger partial charge on any atom is 0.245 e. The molecule has 1 rings (SSSR count). The van der Waals surface area contributed by atoms with E-state index in [2.05, 4.69) is 5.32 Å². The molecule has 1 N–H and O–H groups in total. The van der Waals surface area contributed by atoms with Crippen LogP contribution in [0.1, 0.15) is 20.3 Å². The molecular formula is C10H18N2O2S. The van der Waals surface area contributed by atoms with Crippen LogP contribution < -0.4 is 5.32 Å². The molecule has 0 bridgehead atoms. The standard InChI is InChI=1S/C10H18N2O2S/c1-7-10(14)12(5-4-6-15-3)8(2)9(13)11-7/h7-8H,4-6H2,1-3H3,(H,11,13). The summed E-state index contributed by atoms with van der Waals surface area (Å²) in [6.07, 6.45) is 2.98. The molecule has 1 saturated heterocycles. The second-order valence-electron chi connectivity index (χ2n) is 3.78. The average Bonchev–Trinajstić information content (AvgIpc) is 2.20. The molecule has 0 radical (unpaired) electrons. The first kappa shape index (κ1) is 12.4. The number of nitrogens with one attached hydrogen (secondary N) is 1. The first-order chi connectivity index (χ1) is 7.07. The lowest BCUT2D eigenvalue weighted by molar-refractivity contribution is -0.148. The molecule has 2 amide bonds. The predicted octanol–water partition coefficient (Wildman–Crippen LogP) is 0.475. The highest BCUT2D eigenvalue weighted by Gasteiger charge is 2.34. The molecule has 2 unspecified atom stereocenters. The lowest BCUT2D eigenvalue weighted by Gasteiger charge is -2.36. The number of hydrogen-bond acceptors (Lipinski definition) is 3. The van der Waals surface area contributed by atoms with E-state index in [-0.39, 0.29) is 23.9 Å². The van der Waals surface area contributed by atoms with E-state index in [1.807, 2.05) is 6.26 Å². The lowest BCUT2D eigenvalue weighted by atomic mass is 10.1. The van der Waals surface area contributed by atoms with Gasteiger partial charge in [0.1, 0.15) is 12.1 Å². The van der Waals surface area contributed by atoms with Gasteiger partial charge in [-0.05, 0) is 32.3 Å². The number of hydrogen-bond donors (Lipinski definition) is 1. The van der Waals surface area contributed by atoms with Crippen LogP contribution in [0.15, 0.2) is 0 Å². The number of carbonyl (C=O) groups is 2. The molecule has 0 saturated carbocycles. The van der Waals surface area contributed by atoms with Crippen LogP contribution in [-0.4, -0.2) is 47.4 Å². The molecule has 15 heavy (non-hydrogen) atoms. The Bertz CT molecular complexity index is 258. The van der Waals surface area contributed by atoms with Crippen molar-refractivity contribution in [3.63, 3.8) is 0 Å². The zero-order valence-corrected chi connectivity index (χ0v) is 10.3. The van der Waals surface area contributed by atoms with Crippen molar-refractivity contribution in [3.05, 3.63) is 0 Å². The highest BCUT2D eigenvalue weighted by molar-refractivity contribution is 7.98. The van der Waals surface area contributed by atoms with Gasteiger partial charge >= 0.3 is 0 Å². The van der Waals surface area contributed by atoms with E-state index in [1.165, 1.54) is 0 Å². The topological polar surface area (TPSA) is 49.4 Å². The van der Waals surface area contributed by atoms with Crippen molar-refractivity contribution >= 4 is 23.6 Å². The van der Waals surface area contributed by atoms with Gasteiger partial charge in [-0.1, -0.05) is 0 Å². The minimum atomic E-state index is -0.372. The summed E-state index contributed by atoms with van der Waals surface area (Å²) in [6, 6.07) is -0.696. The molecule has 1 fully saturated rings. The van der Waals surface area contributed by atoms with E-state index in [0.717, 1.165) is 12.2 Å². The predicted molar refractivity (Wildman–Crippen MR) is 61.8 cm³/mol. The molecule has 0 aromatic heterocycles. The van der Waals surface area contributed by atoms with Crippen LogP contribution in [0.4, 0.5) is 0 Å². The van der Waals surface area contributed by atoms with E-state index < -0.39 is 0 Å². The van der Waals surface area contributed by atoms with Crippen molar-refractivity contribution in [1.29, 1.82) is 0 Å². The summed E-state index contributed by atoms with van der Waals surface area (Å²) in [6.45, 7) is 4.19. The molecule has 1 aliphatic rings. The van der Waals surface area contributed by atoms with Gasteiger partial charge in [0.25, 0.3) is 0 Å². The lowest BCUT2D eigenvalue weighted by Crippen LogP contribution is -2.61.